The third-order valence-electron chi connectivity index (χ3n) is 2.45. The largest absolute Gasteiger partial charge is 0.486 e. The molecule has 0 aromatic heterocycles. The Morgan fingerprint density at radius 3 is 2.67 bits per heavy atom. The summed E-state index contributed by atoms with van der Waals surface area (Å²) in [5.74, 6) is 1.33. The van der Waals surface area contributed by atoms with Crippen molar-refractivity contribution in [3.63, 3.8) is 0 Å². The summed E-state index contributed by atoms with van der Waals surface area (Å²) < 4.78 is 36.2. The molecule has 1 aromatic rings. The number of halogens is 1. The van der Waals surface area contributed by atoms with Gasteiger partial charge in [-0.15, -0.1) is 11.6 Å². The van der Waals surface area contributed by atoms with E-state index < -0.39 is 10.0 Å². The maximum Gasteiger partial charge on any atom is 0.213 e. The predicted molar refractivity (Wildman–Crippen MR) is 68.8 cm³/mol. The van der Waals surface area contributed by atoms with Crippen LogP contribution in [0.3, 0.4) is 0 Å². The molecule has 1 aliphatic rings. The lowest BCUT2D eigenvalue weighted by Crippen LogP contribution is -2.26. The Morgan fingerprint density at radius 1 is 1.22 bits per heavy atom. The lowest BCUT2D eigenvalue weighted by Gasteiger charge is -2.18. The van der Waals surface area contributed by atoms with E-state index in [1.54, 1.807) is 18.2 Å². The Balaban J connectivity index is 2.02. The van der Waals surface area contributed by atoms with E-state index >= 15 is 0 Å². The molecule has 0 saturated carbocycles. The first-order valence-electron chi connectivity index (χ1n) is 5.52. The highest BCUT2D eigenvalue weighted by Crippen LogP contribution is 2.30. The Bertz CT molecular complexity index is 518. The first kappa shape index (κ1) is 13.5. The number of rotatable bonds is 5. The van der Waals surface area contributed by atoms with E-state index in [0.717, 1.165) is 5.56 Å². The van der Waals surface area contributed by atoms with E-state index in [1.165, 1.54) is 0 Å². The zero-order valence-corrected chi connectivity index (χ0v) is 11.3. The van der Waals surface area contributed by atoms with Gasteiger partial charge in [-0.3, -0.25) is 0 Å². The molecule has 0 spiro atoms. The van der Waals surface area contributed by atoms with Crippen LogP contribution in [0.1, 0.15) is 5.56 Å². The fourth-order valence-corrected chi connectivity index (χ4v) is 2.91. The maximum absolute atomic E-state index is 11.4. The second kappa shape index (κ2) is 5.77. The summed E-state index contributed by atoms with van der Waals surface area (Å²) in [4.78, 5) is 0. The molecule has 0 aliphatic carbocycles. The SMILES string of the molecule is O=S(=O)(CCCl)NCc1ccc2c(c1)OCCO2. The summed E-state index contributed by atoms with van der Waals surface area (Å²) in [7, 11) is -3.31. The summed E-state index contributed by atoms with van der Waals surface area (Å²) in [6.07, 6.45) is 0. The third kappa shape index (κ3) is 3.51. The fraction of sp³-hybridized carbons (Fsp3) is 0.455. The molecule has 1 heterocycles. The summed E-state index contributed by atoms with van der Waals surface area (Å²) in [5, 5.41) is 0. The summed E-state index contributed by atoms with van der Waals surface area (Å²) in [6.45, 7) is 1.26. The van der Waals surface area contributed by atoms with Crippen LogP contribution in [0.15, 0.2) is 18.2 Å². The van der Waals surface area contributed by atoms with E-state index in [9.17, 15) is 8.42 Å². The molecule has 2 rings (SSSR count). The van der Waals surface area contributed by atoms with Crippen molar-refractivity contribution in [3.8, 4) is 11.5 Å². The van der Waals surface area contributed by atoms with Gasteiger partial charge in [-0.25, -0.2) is 13.1 Å². The van der Waals surface area contributed by atoms with Crippen LogP contribution < -0.4 is 14.2 Å². The minimum Gasteiger partial charge on any atom is -0.486 e. The Kier molecular flexibility index (Phi) is 4.31. The van der Waals surface area contributed by atoms with Crippen LogP contribution in [0.25, 0.3) is 0 Å². The molecule has 0 amide bonds. The van der Waals surface area contributed by atoms with Gasteiger partial charge in [0.25, 0.3) is 0 Å². The summed E-state index contributed by atoms with van der Waals surface area (Å²) in [5.41, 5.74) is 0.817. The van der Waals surface area contributed by atoms with Crippen LogP contribution in [-0.2, 0) is 16.6 Å². The molecule has 7 heteroatoms. The van der Waals surface area contributed by atoms with Crippen molar-refractivity contribution in [3.05, 3.63) is 23.8 Å². The van der Waals surface area contributed by atoms with Gasteiger partial charge in [0.15, 0.2) is 11.5 Å². The number of nitrogens with one attached hydrogen (secondary N) is 1. The quantitative estimate of drug-likeness (QED) is 0.826. The highest BCUT2D eigenvalue weighted by Gasteiger charge is 2.13. The topological polar surface area (TPSA) is 64.6 Å². The molecule has 0 atom stereocenters. The van der Waals surface area contributed by atoms with Crippen LogP contribution >= 0.6 is 11.6 Å². The molecule has 0 radical (unpaired) electrons. The lowest BCUT2D eigenvalue weighted by atomic mass is 10.2. The normalized spacial score (nSPS) is 14.5. The molecule has 0 saturated heterocycles. The van der Waals surface area contributed by atoms with Crippen LogP contribution in [0.2, 0.25) is 0 Å². The average molecular weight is 292 g/mol. The van der Waals surface area contributed by atoms with Crippen molar-refractivity contribution in [2.24, 2.45) is 0 Å². The molecule has 1 aromatic carbocycles. The van der Waals surface area contributed by atoms with Crippen molar-refractivity contribution in [1.29, 1.82) is 0 Å². The Hall–Kier alpha value is -0.980. The van der Waals surface area contributed by atoms with Crippen LogP contribution in [0.4, 0.5) is 0 Å². The third-order valence-corrected chi connectivity index (χ3v) is 4.19. The molecule has 100 valence electrons. The average Bonchev–Trinajstić information content (AvgIpc) is 2.36. The molecule has 5 nitrogen and oxygen atoms in total. The van der Waals surface area contributed by atoms with Gasteiger partial charge in [-0.2, -0.15) is 0 Å². The fourth-order valence-electron chi connectivity index (χ4n) is 1.56. The number of benzene rings is 1. The van der Waals surface area contributed by atoms with E-state index in [1.807, 2.05) is 0 Å². The number of alkyl halides is 1. The number of fused-ring (bicyclic) bond motifs is 1. The molecular formula is C11H14ClNO4S. The van der Waals surface area contributed by atoms with Gasteiger partial charge in [0.2, 0.25) is 10.0 Å². The highest BCUT2D eigenvalue weighted by atomic mass is 35.5. The highest BCUT2D eigenvalue weighted by molar-refractivity contribution is 7.89. The van der Waals surface area contributed by atoms with Gasteiger partial charge in [0, 0.05) is 12.4 Å². The second-order valence-corrected chi connectivity index (χ2v) is 6.11. The van der Waals surface area contributed by atoms with Crippen molar-refractivity contribution in [2.75, 3.05) is 24.8 Å². The number of sulfonamides is 1. The molecule has 0 fully saturated rings. The molecule has 1 N–H and O–H groups in total. The molecule has 18 heavy (non-hydrogen) atoms. The Labute approximate surface area is 111 Å². The van der Waals surface area contributed by atoms with Gasteiger partial charge in [-0.1, -0.05) is 6.07 Å². The minimum atomic E-state index is -3.31. The standard InChI is InChI=1S/C11H14ClNO4S/c12-3-6-18(14,15)13-8-9-1-2-10-11(7-9)17-5-4-16-10/h1-2,7,13H,3-6,8H2. The van der Waals surface area contributed by atoms with Gasteiger partial charge < -0.3 is 9.47 Å². The van der Waals surface area contributed by atoms with E-state index in [4.69, 9.17) is 21.1 Å². The molecule has 0 unspecified atom stereocenters. The lowest BCUT2D eigenvalue weighted by molar-refractivity contribution is 0.171. The van der Waals surface area contributed by atoms with E-state index in [2.05, 4.69) is 4.72 Å². The van der Waals surface area contributed by atoms with Crippen LogP contribution in [0.5, 0.6) is 11.5 Å². The first-order valence-corrected chi connectivity index (χ1v) is 7.71. The van der Waals surface area contributed by atoms with Crippen molar-refractivity contribution in [1.82, 2.24) is 4.72 Å². The van der Waals surface area contributed by atoms with Gasteiger partial charge in [-0.05, 0) is 17.7 Å². The first-order chi connectivity index (χ1) is 8.61. The maximum atomic E-state index is 11.4. The van der Waals surface area contributed by atoms with E-state index in [-0.39, 0.29) is 18.2 Å². The number of ether oxygens (including phenoxy) is 2. The second-order valence-electron chi connectivity index (χ2n) is 3.81. The van der Waals surface area contributed by atoms with Crippen LogP contribution in [-0.4, -0.2) is 33.3 Å². The van der Waals surface area contributed by atoms with Gasteiger partial charge in [0.05, 0.1) is 5.75 Å². The number of hydrogen-bond acceptors (Lipinski definition) is 4. The van der Waals surface area contributed by atoms with Crippen molar-refractivity contribution >= 4 is 21.6 Å². The molecular weight excluding hydrogens is 278 g/mol. The molecule has 1 aliphatic heterocycles. The zero-order chi connectivity index (χ0) is 13.0. The summed E-state index contributed by atoms with van der Waals surface area (Å²) in [6, 6.07) is 5.36. The molecule has 0 bridgehead atoms. The zero-order valence-electron chi connectivity index (χ0n) is 9.69. The summed E-state index contributed by atoms with van der Waals surface area (Å²) >= 11 is 5.41. The van der Waals surface area contributed by atoms with E-state index in [0.29, 0.717) is 24.7 Å². The monoisotopic (exact) mass is 291 g/mol. The van der Waals surface area contributed by atoms with Crippen molar-refractivity contribution in [2.45, 2.75) is 6.54 Å². The van der Waals surface area contributed by atoms with Crippen molar-refractivity contribution < 1.29 is 17.9 Å². The number of hydrogen-bond donors (Lipinski definition) is 1. The van der Waals surface area contributed by atoms with Gasteiger partial charge in [0.1, 0.15) is 13.2 Å². The van der Waals surface area contributed by atoms with Crippen LogP contribution in [0, 0.1) is 0 Å². The Morgan fingerprint density at radius 2 is 1.94 bits per heavy atom. The predicted octanol–water partition coefficient (Wildman–Crippen LogP) is 1.12. The minimum absolute atomic E-state index is 0.0798. The van der Waals surface area contributed by atoms with Gasteiger partial charge >= 0.3 is 0 Å². The smallest absolute Gasteiger partial charge is 0.213 e.